The largest absolute Gasteiger partial charge is 0.460 e. The van der Waals surface area contributed by atoms with Crippen LogP contribution >= 0.6 is 0 Å². The average Bonchev–Trinajstić information content (AvgIpc) is 3.02. The second-order valence-electron chi connectivity index (χ2n) is 13.4. The fourth-order valence-electron chi connectivity index (χ4n) is 9.15. The monoisotopic (exact) mass is 432 g/mol. The number of carbonyl (C=O) groups excluding carboxylic acids is 1. The maximum atomic E-state index is 12.3. The molecule has 0 amide bonds. The standard InChI is InChI=1S/C28H48O3/c1-18(7-12-25(30)31-26(2,3)4)22-10-11-23-21-9-8-19-17-20(29)13-15-27(19,5)24(21)14-16-28(22,23)6/h18-24,29H,7-17H2,1-6H3/t18-,19?,20-,21?,22-,23?,24?,27+,28-/m1/s1. The van der Waals surface area contributed by atoms with E-state index in [2.05, 4.69) is 20.8 Å². The molecule has 4 fully saturated rings. The first-order chi connectivity index (χ1) is 14.4. The lowest BCUT2D eigenvalue weighted by Crippen LogP contribution is -2.54. The summed E-state index contributed by atoms with van der Waals surface area (Å²) in [5.41, 5.74) is 0.531. The topological polar surface area (TPSA) is 46.5 Å². The van der Waals surface area contributed by atoms with Crippen molar-refractivity contribution in [1.29, 1.82) is 0 Å². The molecular weight excluding hydrogens is 384 g/mol. The van der Waals surface area contributed by atoms with Crippen molar-refractivity contribution in [3.63, 3.8) is 0 Å². The molecule has 0 aromatic heterocycles. The minimum Gasteiger partial charge on any atom is -0.460 e. The van der Waals surface area contributed by atoms with Crippen molar-refractivity contribution in [3.05, 3.63) is 0 Å². The molecule has 4 rings (SSSR count). The number of fused-ring (bicyclic) bond motifs is 5. The molecule has 0 saturated heterocycles. The summed E-state index contributed by atoms with van der Waals surface area (Å²) in [6, 6.07) is 0. The van der Waals surface area contributed by atoms with Gasteiger partial charge in [0.25, 0.3) is 0 Å². The average molecular weight is 433 g/mol. The molecule has 0 aliphatic heterocycles. The molecule has 1 N–H and O–H groups in total. The van der Waals surface area contributed by atoms with Crippen molar-refractivity contribution >= 4 is 5.97 Å². The highest BCUT2D eigenvalue weighted by molar-refractivity contribution is 5.69. The molecular formula is C28H48O3. The van der Waals surface area contributed by atoms with Gasteiger partial charge < -0.3 is 9.84 Å². The molecule has 4 saturated carbocycles. The molecule has 0 bridgehead atoms. The van der Waals surface area contributed by atoms with Gasteiger partial charge in [0.05, 0.1) is 6.10 Å². The molecule has 178 valence electrons. The van der Waals surface area contributed by atoms with E-state index in [1.54, 1.807) is 0 Å². The predicted molar refractivity (Wildman–Crippen MR) is 125 cm³/mol. The van der Waals surface area contributed by atoms with Gasteiger partial charge in [-0.25, -0.2) is 0 Å². The number of hydrogen-bond donors (Lipinski definition) is 1. The van der Waals surface area contributed by atoms with E-state index in [-0.39, 0.29) is 17.7 Å². The Morgan fingerprint density at radius 1 is 1.00 bits per heavy atom. The van der Waals surface area contributed by atoms with Gasteiger partial charge in [0.2, 0.25) is 0 Å². The zero-order valence-electron chi connectivity index (χ0n) is 21.1. The summed E-state index contributed by atoms with van der Waals surface area (Å²) in [6.45, 7) is 13.5. The van der Waals surface area contributed by atoms with Crippen molar-refractivity contribution < 1.29 is 14.6 Å². The van der Waals surface area contributed by atoms with Crippen molar-refractivity contribution in [1.82, 2.24) is 0 Å². The number of esters is 1. The smallest absolute Gasteiger partial charge is 0.306 e. The summed E-state index contributed by atoms with van der Waals surface area (Å²) in [5.74, 6) is 4.67. The van der Waals surface area contributed by atoms with Crippen molar-refractivity contribution in [3.8, 4) is 0 Å². The van der Waals surface area contributed by atoms with Crippen molar-refractivity contribution in [2.45, 2.75) is 124 Å². The Hall–Kier alpha value is -0.570. The lowest BCUT2D eigenvalue weighted by Gasteiger charge is -2.61. The van der Waals surface area contributed by atoms with E-state index in [0.717, 1.165) is 48.9 Å². The van der Waals surface area contributed by atoms with Gasteiger partial charge in [-0.2, -0.15) is 0 Å². The second kappa shape index (κ2) is 8.33. The van der Waals surface area contributed by atoms with Crippen LogP contribution in [0.5, 0.6) is 0 Å². The Balaban J connectivity index is 1.42. The van der Waals surface area contributed by atoms with Gasteiger partial charge in [0, 0.05) is 6.42 Å². The van der Waals surface area contributed by atoms with Crippen LogP contribution in [0.1, 0.15) is 112 Å². The highest BCUT2D eigenvalue weighted by Gasteiger charge is 2.60. The number of rotatable bonds is 4. The number of ether oxygens (including phenoxy) is 1. The van der Waals surface area contributed by atoms with E-state index in [1.807, 2.05) is 20.8 Å². The van der Waals surface area contributed by atoms with E-state index < -0.39 is 0 Å². The zero-order chi connectivity index (χ0) is 22.6. The first kappa shape index (κ1) is 23.6. The van der Waals surface area contributed by atoms with E-state index >= 15 is 0 Å². The van der Waals surface area contributed by atoms with Crippen LogP contribution in [-0.2, 0) is 9.53 Å². The molecule has 4 aliphatic carbocycles. The molecule has 0 aromatic carbocycles. The molecule has 31 heavy (non-hydrogen) atoms. The van der Waals surface area contributed by atoms with E-state index in [0.29, 0.717) is 23.2 Å². The summed E-state index contributed by atoms with van der Waals surface area (Å²) < 4.78 is 5.57. The predicted octanol–water partition coefficient (Wildman–Crippen LogP) is 6.76. The Bertz CT molecular complexity index is 666. The molecule has 4 aliphatic rings. The van der Waals surface area contributed by atoms with E-state index in [4.69, 9.17) is 4.74 Å². The van der Waals surface area contributed by atoms with Crippen molar-refractivity contribution in [2.75, 3.05) is 0 Å². The first-order valence-corrected chi connectivity index (χ1v) is 13.3. The fourth-order valence-corrected chi connectivity index (χ4v) is 9.15. The van der Waals surface area contributed by atoms with Gasteiger partial charge in [-0.3, -0.25) is 4.79 Å². The zero-order valence-corrected chi connectivity index (χ0v) is 21.1. The SMILES string of the molecule is C[C@H](CCC(=O)OC(C)(C)C)[C@H]1CCC2C3CCC4C[C@H](O)CC[C@]4(C)C3CC[C@@]21C. The maximum absolute atomic E-state index is 12.3. The van der Waals surface area contributed by atoms with Crippen LogP contribution in [-0.4, -0.2) is 22.8 Å². The Morgan fingerprint density at radius 3 is 2.39 bits per heavy atom. The molecule has 0 spiro atoms. The van der Waals surface area contributed by atoms with Gasteiger partial charge in [-0.05, 0) is 131 Å². The Labute approximate surface area is 191 Å². The third-order valence-corrected chi connectivity index (χ3v) is 10.6. The fraction of sp³-hybridized carbons (Fsp3) is 0.964. The summed E-state index contributed by atoms with van der Waals surface area (Å²) in [5, 5.41) is 10.3. The van der Waals surface area contributed by atoms with Crippen LogP contribution in [0.2, 0.25) is 0 Å². The van der Waals surface area contributed by atoms with Gasteiger partial charge in [0.15, 0.2) is 0 Å². The minimum atomic E-state index is -0.382. The molecule has 4 unspecified atom stereocenters. The second-order valence-corrected chi connectivity index (χ2v) is 13.4. The highest BCUT2D eigenvalue weighted by Crippen LogP contribution is 2.68. The third kappa shape index (κ3) is 4.34. The molecule has 0 radical (unpaired) electrons. The molecule has 0 aromatic rings. The quantitative estimate of drug-likeness (QED) is 0.499. The van der Waals surface area contributed by atoms with Crippen molar-refractivity contribution in [2.24, 2.45) is 46.3 Å². The molecule has 9 atom stereocenters. The van der Waals surface area contributed by atoms with Crippen LogP contribution in [0.15, 0.2) is 0 Å². The highest BCUT2D eigenvalue weighted by atomic mass is 16.6. The van der Waals surface area contributed by atoms with E-state index in [9.17, 15) is 9.90 Å². The summed E-state index contributed by atoms with van der Waals surface area (Å²) in [6.07, 6.45) is 13.0. The number of carbonyl (C=O) groups is 1. The number of hydrogen-bond acceptors (Lipinski definition) is 3. The maximum Gasteiger partial charge on any atom is 0.306 e. The molecule has 3 heteroatoms. The lowest BCUT2D eigenvalue weighted by atomic mass is 9.44. The Morgan fingerprint density at radius 2 is 1.68 bits per heavy atom. The van der Waals surface area contributed by atoms with Crippen LogP contribution in [0.4, 0.5) is 0 Å². The molecule has 3 nitrogen and oxygen atoms in total. The summed E-state index contributed by atoms with van der Waals surface area (Å²) >= 11 is 0. The first-order valence-electron chi connectivity index (χ1n) is 13.3. The van der Waals surface area contributed by atoms with Gasteiger partial charge in [-0.15, -0.1) is 0 Å². The lowest BCUT2D eigenvalue weighted by molar-refractivity contribution is -0.155. The van der Waals surface area contributed by atoms with Crippen LogP contribution in [0, 0.1) is 46.3 Å². The normalized spacial score (nSPS) is 45.9. The van der Waals surface area contributed by atoms with Gasteiger partial charge in [0.1, 0.15) is 5.60 Å². The van der Waals surface area contributed by atoms with Gasteiger partial charge in [-0.1, -0.05) is 20.8 Å². The summed E-state index contributed by atoms with van der Waals surface area (Å²) in [4.78, 5) is 12.3. The minimum absolute atomic E-state index is 0.0338. The van der Waals surface area contributed by atoms with Crippen LogP contribution in [0.3, 0.4) is 0 Å². The Kier molecular flexibility index (Phi) is 6.34. The van der Waals surface area contributed by atoms with E-state index in [1.165, 1.54) is 44.9 Å². The van der Waals surface area contributed by atoms with Crippen LogP contribution in [0.25, 0.3) is 0 Å². The number of aliphatic hydroxyl groups excluding tert-OH is 1. The summed E-state index contributed by atoms with van der Waals surface area (Å²) in [7, 11) is 0. The van der Waals surface area contributed by atoms with Crippen LogP contribution < -0.4 is 0 Å². The van der Waals surface area contributed by atoms with Gasteiger partial charge >= 0.3 is 5.97 Å². The molecule has 0 heterocycles. The number of aliphatic hydroxyl groups is 1. The third-order valence-electron chi connectivity index (χ3n) is 10.6.